The highest BCUT2D eigenvalue weighted by molar-refractivity contribution is 6.31. The van der Waals surface area contributed by atoms with Gasteiger partial charge in [-0.1, -0.05) is 29.3 Å². The second kappa shape index (κ2) is 7.82. The van der Waals surface area contributed by atoms with E-state index in [1.165, 1.54) is 0 Å². The molecule has 5 rings (SSSR count). The van der Waals surface area contributed by atoms with E-state index >= 15 is 0 Å². The molecule has 2 aromatic heterocycles. The van der Waals surface area contributed by atoms with Crippen LogP contribution in [0.3, 0.4) is 0 Å². The van der Waals surface area contributed by atoms with Gasteiger partial charge in [-0.15, -0.1) is 0 Å². The van der Waals surface area contributed by atoms with E-state index in [1.54, 1.807) is 29.3 Å². The van der Waals surface area contributed by atoms with E-state index in [0.717, 1.165) is 28.6 Å². The second-order valence-corrected chi connectivity index (χ2v) is 8.88. The van der Waals surface area contributed by atoms with E-state index in [0.29, 0.717) is 22.3 Å². The number of carbonyl (C=O) groups excluding carboxylic acids is 2. The lowest BCUT2D eigenvalue weighted by Crippen LogP contribution is -2.44. The zero-order chi connectivity index (χ0) is 21.7. The number of fused-ring (bicyclic) bond motifs is 2. The highest BCUT2D eigenvalue weighted by Gasteiger charge is 2.49. The predicted octanol–water partition coefficient (Wildman–Crippen LogP) is 3.19. The Kier molecular flexibility index (Phi) is 5.12. The fourth-order valence-corrected chi connectivity index (χ4v) is 4.80. The van der Waals surface area contributed by atoms with Crippen molar-refractivity contribution in [2.45, 2.75) is 18.9 Å². The SMILES string of the molecule is O=C(N[C@@H]1CC1C1Cc2ccc(Cl)cc2N(CCO)C1=O)c1cc2cc(Cl)ncc2[nH]1. The van der Waals surface area contributed by atoms with Crippen molar-refractivity contribution in [3.05, 3.63) is 58.0 Å². The van der Waals surface area contributed by atoms with E-state index in [1.807, 2.05) is 12.1 Å². The summed E-state index contributed by atoms with van der Waals surface area (Å²) in [6, 6.07) is 8.88. The van der Waals surface area contributed by atoms with Crippen LogP contribution in [0.15, 0.2) is 36.5 Å². The number of amides is 2. The van der Waals surface area contributed by atoms with E-state index in [9.17, 15) is 14.7 Å². The number of β-amino-alcohol motifs (C(OH)–C–C–N with tert-alkyl or cyclic N) is 1. The van der Waals surface area contributed by atoms with Gasteiger partial charge in [0.1, 0.15) is 10.8 Å². The van der Waals surface area contributed by atoms with Gasteiger partial charge in [0.15, 0.2) is 0 Å². The van der Waals surface area contributed by atoms with Gasteiger partial charge in [-0.25, -0.2) is 4.98 Å². The Morgan fingerprint density at radius 2 is 2.13 bits per heavy atom. The zero-order valence-corrected chi connectivity index (χ0v) is 18.0. The standard InChI is InChI=1S/C22H20Cl2N4O3/c23-13-2-1-11-5-15(22(31)28(3-4-29)19(11)8-13)14-9-16(14)27-21(30)17-6-12-7-20(24)25-10-18(12)26-17/h1-2,6-8,10,14-16,26,29H,3-5,9H2,(H,27,30)/t14?,15?,16-/m1/s1. The maximum atomic E-state index is 13.2. The molecule has 2 aliphatic rings. The lowest BCUT2D eigenvalue weighted by atomic mass is 9.88. The van der Waals surface area contributed by atoms with Crippen molar-refractivity contribution >= 4 is 51.6 Å². The van der Waals surface area contributed by atoms with Crippen LogP contribution in [0.1, 0.15) is 22.5 Å². The number of aliphatic hydroxyl groups excluding tert-OH is 1. The first-order valence-corrected chi connectivity index (χ1v) is 10.9. The van der Waals surface area contributed by atoms with Crippen molar-refractivity contribution in [2.75, 3.05) is 18.1 Å². The normalized spacial score (nSPS) is 22.5. The fraction of sp³-hybridized carbons (Fsp3) is 0.318. The van der Waals surface area contributed by atoms with Crippen molar-refractivity contribution in [3.63, 3.8) is 0 Å². The van der Waals surface area contributed by atoms with Crippen LogP contribution in [-0.2, 0) is 11.2 Å². The molecule has 1 aliphatic heterocycles. The fourth-order valence-electron chi connectivity index (χ4n) is 4.47. The molecule has 1 aliphatic carbocycles. The number of aromatic nitrogens is 2. The number of nitrogens with one attached hydrogen (secondary N) is 2. The molecule has 160 valence electrons. The molecule has 1 fully saturated rings. The molecule has 0 spiro atoms. The molecule has 2 amide bonds. The quantitative estimate of drug-likeness (QED) is 0.511. The van der Waals surface area contributed by atoms with Crippen LogP contribution in [0, 0.1) is 11.8 Å². The average Bonchev–Trinajstić information content (AvgIpc) is 3.36. The third-order valence-corrected chi connectivity index (χ3v) is 6.52. The Bertz CT molecular complexity index is 1190. The van der Waals surface area contributed by atoms with Crippen molar-refractivity contribution in [1.29, 1.82) is 0 Å². The van der Waals surface area contributed by atoms with Crippen LogP contribution in [0.5, 0.6) is 0 Å². The molecular formula is C22H20Cl2N4O3. The molecule has 31 heavy (non-hydrogen) atoms. The molecule has 3 aromatic rings. The van der Waals surface area contributed by atoms with Gasteiger partial charge in [0, 0.05) is 34.6 Å². The monoisotopic (exact) mass is 458 g/mol. The Morgan fingerprint density at radius 3 is 2.94 bits per heavy atom. The Labute approximate surface area is 188 Å². The van der Waals surface area contributed by atoms with Crippen LogP contribution in [0.25, 0.3) is 10.9 Å². The van der Waals surface area contributed by atoms with Gasteiger partial charge in [-0.2, -0.15) is 0 Å². The van der Waals surface area contributed by atoms with Crippen molar-refractivity contribution in [2.24, 2.45) is 11.8 Å². The molecule has 1 saturated carbocycles. The number of aliphatic hydroxyl groups is 1. The molecule has 7 nitrogen and oxygen atoms in total. The lowest BCUT2D eigenvalue weighted by Gasteiger charge is -2.34. The minimum Gasteiger partial charge on any atom is -0.395 e. The topological polar surface area (TPSA) is 98.3 Å². The Balaban J connectivity index is 1.31. The van der Waals surface area contributed by atoms with Gasteiger partial charge in [0.25, 0.3) is 5.91 Å². The van der Waals surface area contributed by atoms with E-state index in [-0.39, 0.29) is 42.8 Å². The predicted molar refractivity (Wildman–Crippen MR) is 119 cm³/mol. The third kappa shape index (κ3) is 3.78. The third-order valence-electron chi connectivity index (χ3n) is 6.07. The zero-order valence-electron chi connectivity index (χ0n) is 16.4. The van der Waals surface area contributed by atoms with Gasteiger partial charge in [-0.3, -0.25) is 9.59 Å². The van der Waals surface area contributed by atoms with Crippen molar-refractivity contribution < 1.29 is 14.7 Å². The first kappa shape index (κ1) is 20.3. The summed E-state index contributed by atoms with van der Waals surface area (Å²) in [5, 5.41) is 14.2. The molecule has 3 N–H and O–H groups in total. The maximum absolute atomic E-state index is 13.2. The number of rotatable bonds is 5. The van der Waals surface area contributed by atoms with Gasteiger partial charge in [0.05, 0.1) is 18.3 Å². The van der Waals surface area contributed by atoms with E-state index in [4.69, 9.17) is 23.2 Å². The summed E-state index contributed by atoms with van der Waals surface area (Å²) in [6.07, 6.45) is 2.93. The van der Waals surface area contributed by atoms with Crippen molar-refractivity contribution in [3.8, 4) is 0 Å². The molecule has 1 aromatic carbocycles. The summed E-state index contributed by atoms with van der Waals surface area (Å²) in [5.41, 5.74) is 2.95. The molecule has 0 saturated heterocycles. The molecule has 3 heterocycles. The van der Waals surface area contributed by atoms with Crippen LogP contribution >= 0.6 is 23.2 Å². The summed E-state index contributed by atoms with van der Waals surface area (Å²) in [6.45, 7) is 0.0899. The smallest absolute Gasteiger partial charge is 0.267 e. The number of hydrogen-bond acceptors (Lipinski definition) is 4. The molecule has 9 heteroatoms. The summed E-state index contributed by atoms with van der Waals surface area (Å²) in [4.78, 5) is 34.6. The molecule has 0 bridgehead atoms. The summed E-state index contributed by atoms with van der Waals surface area (Å²) < 4.78 is 0. The van der Waals surface area contributed by atoms with E-state index in [2.05, 4.69) is 15.3 Å². The number of nitrogens with zero attached hydrogens (tertiary/aromatic N) is 2. The largest absolute Gasteiger partial charge is 0.395 e. The number of carbonyl (C=O) groups is 2. The molecule has 0 radical (unpaired) electrons. The van der Waals surface area contributed by atoms with Crippen LogP contribution in [0.4, 0.5) is 5.69 Å². The minimum absolute atomic E-state index is 0.0307. The maximum Gasteiger partial charge on any atom is 0.267 e. The number of benzene rings is 1. The van der Waals surface area contributed by atoms with Crippen LogP contribution in [0.2, 0.25) is 10.2 Å². The van der Waals surface area contributed by atoms with Crippen molar-refractivity contribution in [1.82, 2.24) is 15.3 Å². The molecule has 3 atom stereocenters. The van der Waals surface area contributed by atoms with Gasteiger partial charge < -0.3 is 20.3 Å². The number of H-pyrrole nitrogens is 1. The van der Waals surface area contributed by atoms with Gasteiger partial charge >= 0.3 is 0 Å². The van der Waals surface area contributed by atoms with Gasteiger partial charge in [-0.05, 0) is 48.6 Å². The van der Waals surface area contributed by atoms with Crippen LogP contribution < -0.4 is 10.2 Å². The number of anilines is 1. The van der Waals surface area contributed by atoms with Gasteiger partial charge in [0.2, 0.25) is 5.91 Å². The highest BCUT2D eigenvalue weighted by atomic mass is 35.5. The van der Waals surface area contributed by atoms with Crippen LogP contribution in [-0.4, -0.2) is 46.1 Å². The highest BCUT2D eigenvalue weighted by Crippen LogP contribution is 2.44. The first-order chi connectivity index (χ1) is 14.9. The van der Waals surface area contributed by atoms with E-state index < -0.39 is 0 Å². The summed E-state index contributed by atoms with van der Waals surface area (Å²) in [7, 11) is 0. The Morgan fingerprint density at radius 1 is 1.29 bits per heavy atom. The number of halogens is 2. The number of hydrogen-bond donors (Lipinski definition) is 3. The number of aromatic amines is 1. The average molecular weight is 459 g/mol. The second-order valence-electron chi connectivity index (χ2n) is 8.05. The molecular weight excluding hydrogens is 439 g/mol. The Hall–Kier alpha value is -2.61. The minimum atomic E-state index is -0.240. The first-order valence-electron chi connectivity index (χ1n) is 10.1. The lowest BCUT2D eigenvalue weighted by molar-refractivity contribution is -0.123. The summed E-state index contributed by atoms with van der Waals surface area (Å²) in [5.74, 6) is -0.433. The molecule has 2 unspecified atom stereocenters. The number of pyridine rings is 1. The summed E-state index contributed by atoms with van der Waals surface area (Å²) >= 11 is 12.0.